The molecule has 1 aromatic rings. The van der Waals surface area contributed by atoms with Crippen molar-refractivity contribution in [2.75, 3.05) is 10.8 Å². The molecule has 0 unspecified atom stereocenters. The van der Waals surface area contributed by atoms with Crippen molar-refractivity contribution in [2.24, 2.45) is 0 Å². The van der Waals surface area contributed by atoms with E-state index in [9.17, 15) is 9.18 Å². The Kier molecular flexibility index (Phi) is 3.37. The van der Waals surface area contributed by atoms with Gasteiger partial charge in [0.05, 0.1) is 5.69 Å². The third-order valence-electron chi connectivity index (χ3n) is 3.54. The van der Waals surface area contributed by atoms with Crippen LogP contribution < -0.4 is 4.90 Å². The van der Waals surface area contributed by atoms with Gasteiger partial charge >= 0.3 is 0 Å². The number of fused-ring (bicyclic) bond motifs is 1. The molecule has 0 saturated heterocycles. The zero-order chi connectivity index (χ0) is 13.5. The van der Waals surface area contributed by atoms with Crippen molar-refractivity contribution in [2.45, 2.75) is 38.6 Å². The lowest BCUT2D eigenvalue weighted by Crippen LogP contribution is -2.52. The number of nitrogens with zero attached hydrogens (tertiary/aromatic N) is 1. The molecule has 0 radical (unpaired) electrons. The summed E-state index contributed by atoms with van der Waals surface area (Å²) >= 11 is 5.67. The summed E-state index contributed by atoms with van der Waals surface area (Å²) in [4.78, 5) is 13.7. The Morgan fingerprint density at radius 2 is 2.22 bits per heavy atom. The second-order valence-electron chi connectivity index (χ2n) is 5.48. The largest absolute Gasteiger partial charge is 0.305 e. The van der Waals surface area contributed by atoms with E-state index in [0.717, 1.165) is 12.0 Å². The Bertz CT molecular complexity index is 487. The Labute approximate surface area is 112 Å². The number of carbonyl (C=O) groups excluding carboxylic acids is 1. The number of benzene rings is 1. The molecule has 0 bridgehead atoms. The lowest BCUT2D eigenvalue weighted by molar-refractivity contribution is -0.117. The number of amides is 1. The number of carbonyl (C=O) groups is 1. The minimum Gasteiger partial charge on any atom is -0.305 e. The predicted molar refractivity (Wildman–Crippen MR) is 71.7 cm³/mol. The smallest absolute Gasteiger partial charge is 0.242 e. The van der Waals surface area contributed by atoms with Gasteiger partial charge in [-0.05, 0) is 43.9 Å². The number of rotatable bonds is 1. The maximum absolute atomic E-state index is 13.4. The van der Waals surface area contributed by atoms with Gasteiger partial charge in [0.25, 0.3) is 0 Å². The average molecular weight is 270 g/mol. The van der Waals surface area contributed by atoms with Crippen LogP contribution in [-0.2, 0) is 4.79 Å². The van der Waals surface area contributed by atoms with Crippen LogP contribution in [0.1, 0.15) is 38.7 Å². The van der Waals surface area contributed by atoms with Gasteiger partial charge in [0.1, 0.15) is 11.7 Å². The van der Waals surface area contributed by atoms with E-state index in [1.165, 1.54) is 12.1 Å². The maximum Gasteiger partial charge on any atom is 0.242 e. The monoisotopic (exact) mass is 269 g/mol. The highest BCUT2D eigenvalue weighted by atomic mass is 35.5. The molecular formula is C14H17ClFNO. The van der Waals surface area contributed by atoms with Gasteiger partial charge in [-0.3, -0.25) is 4.79 Å². The molecule has 1 aromatic carbocycles. The van der Waals surface area contributed by atoms with Crippen molar-refractivity contribution in [3.8, 4) is 0 Å². The Hall–Kier alpha value is -1.09. The van der Waals surface area contributed by atoms with Gasteiger partial charge in [0, 0.05) is 5.54 Å². The van der Waals surface area contributed by atoms with Gasteiger partial charge in [0.2, 0.25) is 5.91 Å². The second kappa shape index (κ2) is 4.54. The van der Waals surface area contributed by atoms with Crippen LogP contribution in [0.2, 0.25) is 0 Å². The molecule has 1 atom stereocenters. The van der Waals surface area contributed by atoms with Crippen LogP contribution in [0.15, 0.2) is 18.2 Å². The maximum atomic E-state index is 13.4. The third-order valence-corrected chi connectivity index (χ3v) is 3.77. The van der Waals surface area contributed by atoms with E-state index in [2.05, 4.69) is 6.92 Å². The Morgan fingerprint density at radius 3 is 2.83 bits per heavy atom. The summed E-state index contributed by atoms with van der Waals surface area (Å²) in [6, 6.07) is 4.63. The second-order valence-corrected chi connectivity index (χ2v) is 5.75. The molecule has 0 aromatic heterocycles. The van der Waals surface area contributed by atoms with Gasteiger partial charge in [0.15, 0.2) is 0 Å². The first-order valence-corrected chi connectivity index (χ1v) is 6.59. The molecule has 1 aliphatic rings. The summed E-state index contributed by atoms with van der Waals surface area (Å²) in [6.45, 7) is 6.07. The fourth-order valence-corrected chi connectivity index (χ4v) is 3.06. The molecule has 0 fully saturated rings. The van der Waals surface area contributed by atoms with Gasteiger partial charge in [-0.1, -0.05) is 13.0 Å². The first-order valence-electron chi connectivity index (χ1n) is 6.05. The molecule has 0 aliphatic carbocycles. The molecule has 18 heavy (non-hydrogen) atoms. The molecule has 1 heterocycles. The molecular weight excluding hydrogens is 253 g/mol. The van der Waals surface area contributed by atoms with E-state index in [4.69, 9.17) is 11.6 Å². The van der Waals surface area contributed by atoms with Gasteiger partial charge in [-0.2, -0.15) is 0 Å². The van der Waals surface area contributed by atoms with Crippen LogP contribution >= 0.6 is 11.6 Å². The normalized spacial score (nSPS) is 21.6. The van der Waals surface area contributed by atoms with Gasteiger partial charge in [-0.25, -0.2) is 4.39 Å². The van der Waals surface area contributed by atoms with Crippen LogP contribution in [0.25, 0.3) is 0 Å². The summed E-state index contributed by atoms with van der Waals surface area (Å²) < 4.78 is 13.4. The van der Waals surface area contributed by atoms with Crippen molar-refractivity contribution in [1.29, 1.82) is 0 Å². The molecule has 1 amide bonds. The van der Waals surface area contributed by atoms with Crippen LogP contribution in [0, 0.1) is 5.82 Å². The number of alkyl halides is 1. The topological polar surface area (TPSA) is 20.3 Å². The zero-order valence-electron chi connectivity index (χ0n) is 10.8. The molecule has 0 N–H and O–H groups in total. The standard InChI is InChI=1S/C14H17ClFNO/c1-9-7-14(2,3)17(13(18)8-15)12-6-10(16)4-5-11(9)12/h4-6,9H,7-8H2,1-3H3/t9-/m0/s1. The summed E-state index contributed by atoms with van der Waals surface area (Å²) in [7, 11) is 0. The Balaban J connectivity index is 2.60. The molecule has 98 valence electrons. The average Bonchev–Trinajstić information content (AvgIpc) is 2.26. The van der Waals surface area contributed by atoms with Crippen LogP contribution in [0.3, 0.4) is 0 Å². The van der Waals surface area contributed by atoms with Crippen LogP contribution in [0.4, 0.5) is 10.1 Å². The van der Waals surface area contributed by atoms with Crippen molar-refractivity contribution < 1.29 is 9.18 Å². The fraction of sp³-hybridized carbons (Fsp3) is 0.500. The van der Waals surface area contributed by atoms with E-state index in [1.807, 2.05) is 13.8 Å². The predicted octanol–water partition coefficient (Wildman–Crippen LogP) is 3.68. The third kappa shape index (κ3) is 2.12. The molecule has 2 rings (SSSR count). The van der Waals surface area contributed by atoms with Crippen LogP contribution in [-0.4, -0.2) is 17.3 Å². The fourth-order valence-electron chi connectivity index (χ4n) is 2.94. The minimum atomic E-state index is -0.341. The molecule has 0 saturated carbocycles. The summed E-state index contributed by atoms with van der Waals surface area (Å²) in [5.74, 6) is -0.297. The molecule has 2 nitrogen and oxygen atoms in total. The summed E-state index contributed by atoms with van der Waals surface area (Å²) in [5, 5.41) is 0. The SMILES string of the molecule is C[C@H]1CC(C)(C)N(C(=O)CCl)c2cc(F)ccc21. The number of anilines is 1. The van der Waals surface area contributed by atoms with Crippen molar-refractivity contribution >= 4 is 23.2 Å². The quantitative estimate of drug-likeness (QED) is 0.712. The highest BCUT2D eigenvalue weighted by Gasteiger charge is 2.39. The van der Waals surface area contributed by atoms with Crippen LogP contribution in [0.5, 0.6) is 0 Å². The first-order chi connectivity index (χ1) is 8.36. The summed E-state index contributed by atoms with van der Waals surface area (Å²) in [6.07, 6.45) is 0.842. The Morgan fingerprint density at radius 1 is 1.56 bits per heavy atom. The highest BCUT2D eigenvalue weighted by Crippen LogP contribution is 2.43. The van der Waals surface area contributed by atoms with Crippen molar-refractivity contribution in [1.82, 2.24) is 0 Å². The molecule has 0 spiro atoms. The number of hydrogen-bond acceptors (Lipinski definition) is 1. The lowest BCUT2D eigenvalue weighted by atomic mass is 9.80. The molecule has 4 heteroatoms. The van der Waals surface area contributed by atoms with Gasteiger partial charge in [-0.15, -0.1) is 11.6 Å². The number of halogens is 2. The van der Waals surface area contributed by atoms with Crippen molar-refractivity contribution in [3.05, 3.63) is 29.6 Å². The van der Waals surface area contributed by atoms with Gasteiger partial charge < -0.3 is 4.90 Å². The van der Waals surface area contributed by atoms with E-state index in [1.54, 1.807) is 11.0 Å². The van der Waals surface area contributed by atoms with E-state index in [0.29, 0.717) is 11.6 Å². The summed E-state index contributed by atoms with van der Waals surface area (Å²) in [5.41, 5.74) is 1.32. The van der Waals surface area contributed by atoms with Crippen molar-refractivity contribution in [3.63, 3.8) is 0 Å². The van der Waals surface area contributed by atoms with E-state index < -0.39 is 0 Å². The highest BCUT2D eigenvalue weighted by molar-refractivity contribution is 6.29. The minimum absolute atomic E-state index is 0.0895. The zero-order valence-corrected chi connectivity index (χ0v) is 11.6. The van der Waals surface area contributed by atoms with E-state index >= 15 is 0 Å². The lowest BCUT2D eigenvalue weighted by Gasteiger charge is -2.45. The number of hydrogen-bond donors (Lipinski definition) is 0. The molecule has 1 aliphatic heterocycles. The van der Waals surface area contributed by atoms with E-state index in [-0.39, 0.29) is 23.1 Å². The first kappa shape index (κ1) is 13.3.